The molecular weight excluding hydrogens is 242 g/mol. The summed E-state index contributed by atoms with van der Waals surface area (Å²) in [5, 5.41) is 0. The molecule has 4 heteroatoms. The van der Waals surface area contributed by atoms with Crippen LogP contribution in [0.4, 0.5) is 0 Å². The van der Waals surface area contributed by atoms with Crippen molar-refractivity contribution in [1.82, 2.24) is 4.98 Å². The molecule has 0 bridgehead atoms. The molecule has 1 unspecified atom stereocenters. The summed E-state index contributed by atoms with van der Waals surface area (Å²) >= 11 is 0. The van der Waals surface area contributed by atoms with E-state index < -0.39 is 0 Å². The van der Waals surface area contributed by atoms with Crippen LogP contribution < -0.4 is 9.47 Å². The lowest BCUT2D eigenvalue weighted by atomic mass is 9.97. The Labute approximate surface area is 111 Å². The third-order valence-corrected chi connectivity index (χ3v) is 3.19. The molecule has 1 aliphatic rings. The van der Waals surface area contributed by atoms with Gasteiger partial charge in [-0.15, -0.1) is 0 Å². The van der Waals surface area contributed by atoms with Gasteiger partial charge in [0.05, 0.1) is 19.1 Å². The lowest BCUT2D eigenvalue weighted by Gasteiger charge is -2.25. The molecule has 0 fully saturated rings. The minimum atomic E-state index is -0.277. The number of ether oxygens (including phenoxy) is 2. The first kappa shape index (κ1) is 11.7. The predicted octanol–water partition coefficient (Wildman–Crippen LogP) is 2.80. The zero-order valence-electron chi connectivity index (χ0n) is 10.5. The summed E-state index contributed by atoms with van der Waals surface area (Å²) < 4.78 is 11.0. The smallest absolute Gasteiger partial charge is 0.170 e. The normalized spacial score (nSPS) is 17.5. The number of hydrogen-bond acceptors (Lipinski definition) is 4. The highest BCUT2D eigenvalue weighted by Crippen LogP contribution is 2.36. The van der Waals surface area contributed by atoms with Crippen molar-refractivity contribution in [1.29, 1.82) is 0 Å². The molecule has 0 saturated carbocycles. The minimum Gasteiger partial charge on any atom is -0.497 e. The van der Waals surface area contributed by atoms with Gasteiger partial charge >= 0.3 is 0 Å². The summed E-state index contributed by atoms with van der Waals surface area (Å²) in [4.78, 5) is 16.2. The van der Waals surface area contributed by atoms with Crippen LogP contribution >= 0.6 is 0 Å². The lowest BCUT2D eigenvalue weighted by Crippen LogP contribution is -2.20. The topological polar surface area (TPSA) is 48.4 Å². The molecule has 1 aromatic heterocycles. The van der Waals surface area contributed by atoms with Crippen molar-refractivity contribution < 1.29 is 14.3 Å². The van der Waals surface area contributed by atoms with Crippen LogP contribution in [-0.4, -0.2) is 17.9 Å². The number of carbonyl (C=O) groups is 1. The van der Waals surface area contributed by atoms with Gasteiger partial charge < -0.3 is 9.47 Å². The second-order valence-corrected chi connectivity index (χ2v) is 4.38. The molecule has 4 nitrogen and oxygen atoms in total. The third kappa shape index (κ3) is 2.17. The predicted molar refractivity (Wildman–Crippen MR) is 69.5 cm³/mol. The first-order chi connectivity index (χ1) is 9.28. The molecule has 0 spiro atoms. The highest BCUT2D eigenvalue weighted by molar-refractivity contribution is 6.00. The SMILES string of the molecule is COc1ccc2c(c1)OC(c1cccnc1)CC2=O. The molecule has 0 radical (unpaired) electrons. The Kier molecular flexibility index (Phi) is 2.91. The fraction of sp³-hybridized carbons (Fsp3) is 0.200. The number of methoxy groups -OCH3 is 1. The number of Topliss-reactive ketones (excluding diaryl/α,β-unsaturated/α-hetero) is 1. The minimum absolute atomic E-state index is 0.0813. The standard InChI is InChI=1S/C15H13NO3/c1-18-11-4-5-12-13(17)8-14(19-15(12)7-11)10-3-2-6-16-9-10/h2-7,9,14H,8H2,1H3. The van der Waals surface area contributed by atoms with E-state index in [4.69, 9.17) is 9.47 Å². The molecule has 19 heavy (non-hydrogen) atoms. The van der Waals surface area contributed by atoms with Gasteiger partial charge in [0.1, 0.15) is 17.6 Å². The zero-order chi connectivity index (χ0) is 13.2. The molecule has 1 atom stereocenters. The number of ketones is 1. The fourth-order valence-corrected chi connectivity index (χ4v) is 2.18. The first-order valence-electron chi connectivity index (χ1n) is 6.06. The summed E-state index contributed by atoms with van der Waals surface area (Å²) in [5.41, 5.74) is 1.52. The summed E-state index contributed by atoms with van der Waals surface area (Å²) in [7, 11) is 1.59. The fourth-order valence-electron chi connectivity index (χ4n) is 2.18. The number of aromatic nitrogens is 1. The van der Waals surface area contributed by atoms with Crippen LogP contribution in [0.25, 0.3) is 0 Å². The van der Waals surface area contributed by atoms with E-state index in [-0.39, 0.29) is 11.9 Å². The van der Waals surface area contributed by atoms with Crippen molar-refractivity contribution in [3.8, 4) is 11.5 Å². The number of pyridine rings is 1. The average molecular weight is 255 g/mol. The second-order valence-electron chi connectivity index (χ2n) is 4.38. The van der Waals surface area contributed by atoms with Gasteiger partial charge in [0.2, 0.25) is 0 Å². The summed E-state index contributed by atoms with van der Waals surface area (Å²) in [6.45, 7) is 0. The van der Waals surface area contributed by atoms with Crippen molar-refractivity contribution >= 4 is 5.78 Å². The molecule has 2 heterocycles. The Balaban J connectivity index is 1.96. The zero-order valence-corrected chi connectivity index (χ0v) is 10.5. The van der Waals surface area contributed by atoms with E-state index in [0.29, 0.717) is 23.5 Å². The van der Waals surface area contributed by atoms with Crippen LogP contribution in [0.5, 0.6) is 11.5 Å². The highest BCUT2D eigenvalue weighted by atomic mass is 16.5. The number of benzene rings is 1. The van der Waals surface area contributed by atoms with Crippen LogP contribution in [0.3, 0.4) is 0 Å². The molecule has 2 aromatic rings. The summed E-state index contributed by atoms with van der Waals surface area (Å²) in [6.07, 6.45) is 3.49. The van der Waals surface area contributed by atoms with Crippen LogP contribution in [-0.2, 0) is 0 Å². The van der Waals surface area contributed by atoms with Gasteiger partial charge in [0.15, 0.2) is 5.78 Å². The van der Waals surface area contributed by atoms with Gasteiger partial charge in [-0.2, -0.15) is 0 Å². The van der Waals surface area contributed by atoms with E-state index in [1.54, 1.807) is 37.7 Å². The summed E-state index contributed by atoms with van der Waals surface area (Å²) in [5.74, 6) is 1.33. The van der Waals surface area contributed by atoms with Crippen molar-refractivity contribution in [3.63, 3.8) is 0 Å². The molecule has 0 amide bonds. The van der Waals surface area contributed by atoms with Crippen LogP contribution in [0.15, 0.2) is 42.7 Å². The Hall–Kier alpha value is -2.36. The van der Waals surface area contributed by atoms with Gasteiger partial charge in [0.25, 0.3) is 0 Å². The van der Waals surface area contributed by atoms with Crippen LogP contribution in [0.1, 0.15) is 28.4 Å². The Morgan fingerprint density at radius 1 is 1.37 bits per heavy atom. The molecule has 1 aliphatic heterocycles. The second kappa shape index (κ2) is 4.72. The highest BCUT2D eigenvalue weighted by Gasteiger charge is 2.27. The maximum atomic E-state index is 12.1. The number of hydrogen-bond donors (Lipinski definition) is 0. The molecule has 3 rings (SSSR count). The van der Waals surface area contributed by atoms with Crippen molar-refractivity contribution in [2.75, 3.05) is 7.11 Å². The molecule has 1 aromatic carbocycles. The number of carbonyl (C=O) groups excluding carboxylic acids is 1. The van der Waals surface area contributed by atoms with Crippen molar-refractivity contribution in [2.24, 2.45) is 0 Å². The lowest BCUT2D eigenvalue weighted by molar-refractivity contribution is 0.0849. The first-order valence-corrected chi connectivity index (χ1v) is 6.06. The molecule has 0 saturated heterocycles. The maximum absolute atomic E-state index is 12.1. The summed E-state index contributed by atoms with van der Waals surface area (Å²) in [6, 6.07) is 9.01. The molecular formula is C15H13NO3. The monoisotopic (exact) mass is 255 g/mol. The number of rotatable bonds is 2. The van der Waals surface area contributed by atoms with Gasteiger partial charge in [-0.1, -0.05) is 6.07 Å². The number of fused-ring (bicyclic) bond motifs is 1. The van der Waals surface area contributed by atoms with Gasteiger partial charge in [-0.3, -0.25) is 9.78 Å². The quantitative estimate of drug-likeness (QED) is 0.828. The van der Waals surface area contributed by atoms with Crippen LogP contribution in [0.2, 0.25) is 0 Å². The third-order valence-electron chi connectivity index (χ3n) is 3.19. The Morgan fingerprint density at radius 2 is 2.26 bits per heavy atom. The van der Waals surface area contributed by atoms with E-state index in [0.717, 1.165) is 5.56 Å². The van der Waals surface area contributed by atoms with E-state index in [9.17, 15) is 4.79 Å². The molecule has 0 N–H and O–H groups in total. The van der Waals surface area contributed by atoms with E-state index in [1.165, 1.54) is 0 Å². The molecule has 96 valence electrons. The van der Waals surface area contributed by atoms with Gasteiger partial charge in [-0.05, 0) is 18.2 Å². The Bertz CT molecular complexity index is 610. The van der Waals surface area contributed by atoms with Crippen molar-refractivity contribution in [2.45, 2.75) is 12.5 Å². The van der Waals surface area contributed by atoms with Gasteiger partial charge in [0, 0.05) is 24.0 Å². The van der Waals surface area contributed by atoms with Gasteiger partial charge in [-0.25, -0.2) is 0 Å². The van der Waals surface area contributed by atoms with E-state index in [2.05, 4.69) is 4.98 Å². The van der Waals surface area contributed by atoms with E-state index in [1.807, 2.05) is 12.1 Å². The Morgan fingerprint density at radius 3 is 3.00 bits per heavy atom. The maximum Gasteiger partial charge on any atom is 0.170 e. The number of nitrogens with zero attached hydrogens (tertiary/aromatic N) is 1. The average Bonchev–Trinajstić information content (AvgIpc) is 2.47. The van der Waals surface area contributed by atoms with Crippen LogP contribution in [0, 0.1) is 0 Å². The largest absolute Gasteiger partial charge is 0.497 e. The van der Waals surface area contributed by atoms with E-state index >= 15 is 0 Å². The van der Waals surface area contributed by atoms with Crippen molar-refractivity contribution in [3.05, 3.63) is 53.9 Å². The molecule has 0 aliphatic carbocycles.